The molecule has 1 aliphatic carbocycles. The summed E-state index contributed by atoms with van der Waals surface area (Å²) in [5, 5.41) is 5.29. The van der Waals surface area contributed by atoms with Crippen molar-refractivity contribution in [3.63, 3.8) is 0 Å². The Hall–Kier alpha value is -4.39. The zero-order valence-corrected chi connectivity index (χ0v) is 22.0. The fourth-order valence-corrected chi connectivity index (χ4v) is 5.02. The number of aromatic nitrogens is 8. The quantitative estimate of drug-likeness (QED) is 0.279. The van der Waals surface area contributed by atoms with Gasteiger partial charge in [-0.3, -0.25) is 0 Å². The van der Waals surface area contributed by atoms with Crippen molar-refractivity contribution in [2.75, 3.05) is 13.2 Å². The molecule has 1 unspecified atom stereocenters. The Bertz CT molecular complexity index is 1720. The second kappa shape index (κ2) is 9.91. The molecule has 0 N–H and O–H groups in total. The first kappa shape index (κ1) is 25.6. The van der Waals surface area contributed by atoms with Crippen LogP contribution in [0.15, 0.2) is 49.2 Å². The molecule has 1 aliphatic heterocycles. The molecule has 7 rings (SSSR count). The van der Waals surface area contributed by atoms with Crippen LogP contribution in [0.3, 0.4) is 0 Å². The van der Waals surface area contributed by atoms with Gasteiger partial charge in [-0.15, -0.1) is 0 Å². The molecule has 13 heteroatoms. The minimum Gasteiger partial charge on any atom is -0.471 e. The van der Waals surface area contributed by atoms with Gasteiger partial charge in [0.05, 0.1) is 37.0 Å². The van der Waals surface area contributed by atoms with Gasteiger partial charge in [0.25, 0.3) is 0 Å². The van der Waals surface area contributed by atoms with E-state index >= 15 is 0 Å². The summed E-state index contributed by atoms with van der Waals surface area (Å²) in [5.74, 6) is 1.50. The molecule has 1 saturated carbocycles. The maximum atomic E-state index is 13.1. The Labute approximate surface area is 232 Å². The number of ether oxygens (including phenoxy) is 2. The van der Waals surface area contributed by atoms with Crippen LogP contribution < -0.4 is 4.74 Å². The lowest BCUT2D eigenvalue weighted by molar-refractivity contribution is -0.140. The third kappa shape index (κ3) is 5.01. The smallest absolute Gasteiger partial charge is 0.434 e. The first-order valence-electron chi connectivity index (χ1n) is 13.3. The molecule has 10 nitrogen and oxygen atoms in total. The predicted molar refractivity (Wildman–Crippen MR) is 141 cm³/mol. The first-order chi connectivity index (χ1) is 19.8. The molecular formula is C28H25F3N8O2. The third-order valence-electron chi connectivity index (χ3n) is 7.28. The van der Waals surface area contributed by atoms with E-state index in [4.69, 9.17) is 14.5 Å². The van der Waals surface area contributed by atoms with E-state index in [-0.39, 0.29) is 11.9 Å². The molecule has 5 heterocycles. The van der Waals surface area contributed by atoms with Crippen LogP contribution in [0.5, 0.6) is 5.88 Å². The average molecular weight is 563 g/mol. The van der Waals surface area contributed by atoms with E-state index in [9.17, 15) is 13.2 Å². The summed E-state index contributed by atoms with van der Waals surface area (Å²) in [6.07, 6.45) is 4.25. The topological polar surface area (TPSA) is 106 Å². The van der Waals surface area contributed by atoms with Gasteiger partial charge < -0.3 is 14.0 Å². The van der Waals surface area contributed by atoms with Gasteiger partial charge in [-0.1, -0.05) is 24.3 Å². The van der Waals surface area contributed by atoms with Crippen molar-refractivity contribution in [3.8, 4) is 28.7 Å². The van der Waals surface area contributed by atoms with E-state index in [0.717, 1.165) is 42.1 Å². The molecule has 0 amide bonds. The lowest BCUT2D eigenvalue weighted by atomic mass is 10.1. The molecule has 0 radical (unpaired) electrons. The molecule has 2 fully saturated rings. The number of halogens is 3. The number of imidazole rings is 1. The molecule has 0 spiro atoms. The number of hydrogen-bond donors (Lipinski definition) is 0. The van der Waals surface area contributed by atoms with E-state index in [0.29, 0.717) is 54.2 Å². The second-order valence-corrected chi connectivity index (χ2v) is 10.3. The summed E-state index contributed by atoms with van der Waals surface area (Å²) < 4.78 is 54.1. The van der Waals surface area contributed by atoms with Gasteiger partial charge in [0.15, 0.2) is 17.2 Å². The normalized spacial score (nSPS) is 17.4. The average Bonchev–Trinajstić information content (AvgIpc) is 3.31. The zero-order valence-electron chi connectivity index (χ0n) is 22.0. The van der Waals surface area contributed by atoms with Gasteiger partial charge in [0.1, 0.15) is 23.8 Å². The SMILES string of the molecule is Cn1cc(C(F)(F)F)nc1-c1ccc(Cn2ncc3cnc(-c4c(OC5CCOC5)ncnc4C4CC4)nc32)cc1. The zero-order chi connectivity index (χ0) is 28.1. The van der Waals surface area contributed by atoms with Crippen molar-refractivity contribution in [1.82, 2.24) is 39.3 Å². The summed E-state index contributed by atoms with van der Waals surface area (Å²) in [5.41, 5.74) is 2.79. The van der Waals surface area contributed by atoms with Crippen LogP contribution in [0.2, 0.25) is 0 Å². The number of hydrogen-bond acceptors (Lipinski definition) is 8. The highest BCUT2D eigenvalue weighted by Gasteiger charge is 2.35. The van der Waals surface area contributed by atoms with Crippen molar-refractivity contribution < 1.29 is 22.6 Å². The van der Waals surface area contributed by atoms with Crippen LogP contribution in [-0.2, 0) is 24.5 Å². The standard InChI is InChI=1S/C28H25F3N8O2/c1-38-13-21(28(29,30)31)36-25(38)18-4-2-16(3-5-18)12-39-26-19(11-35-39)10-32-24(37-26)22-23(17-6-7-17)33-15-34-27(22)41-20-8-9-40-14-20/h2-5,10-11,13,15,17,20H,6-9,12,14H2,1H3. The molecule has 41 heavy (non-hydrogen) atoms. The minimum absolute atomic E-state index is 0.0845. The van der Waals surface area contributed by atoms with Crippen LogP contribution in [0.4, 0.5) is 13.2 Å². The molecule has 5 aromatic rings. The molecule has 0 bridgehead atoms. The van der Waals surface area contributed by atoms with Crippen LogP contribution >= 0.6 is 0 Å². The molecule has 4 aromatic heterocycles. The third-order valence-corrected chi connectivity index (χ3v) is 7.28. The molecule has 1 saturated heterocycles. The van der Waals surface area contributed by atoms with Gasteiger partial charge in [0, 0.05) is 37.3 Å². The van der Waals surface area contributed by atoms with Crippen molar-refractivity contribution in [1.29, 1.82) is 0 Å². The number of benzene rings is 1. The Morgan fingerprint density at radius 3 is 2.56 bits per heavy atom. The number of nitrogens with zero attached hydrogens (tertiary/aromatic N) is 8. The summed E-state index contributed by atoms with van der Waals surface area (Å²) in [7, 11) is 1.54. The molecule has 2 aliphatic rings. The summed E-state index contributed by atoms with van der Waals surface area (Å²) in [6, 6.07) is 7.20. The minimum atomic E-state index is -4.50. The van der Waals surface area contributed by atoms with E-state index in [1.807, 2.05) is 12.1 Å². The van der Waals surface area contributed by atoms with E-state index in [1.54, 1.807) is 36.3 Å². The highest BCUT2D eigenvalue weighted by Crippen LogP contribution is 2.45. The molecule has 210 valence electrons. The number of alkyl halides is 3. The van der Waals surface area contributed by atoms with Gasteiger partial charge in [0.2, 0.25) is 5.88 Å². The van der Waals surface area contributed by atoms with Crippen LogP contribution in [0.1, 0.15) is 42.1 Å². The number of fused-ring (bicyclic) bond motifs is 1. The van der Waals surface area contributed by atoms with Gasteiger partial charge in [-0.2, -0.15) is 18.3 Å². The largest absolute Gasteiger partial charge is 0.471 e. The van der Waals surface area contributed by atoms with Crippen LogP contribution in [0, 0.1) is 0 Å². The van der Waals surface area contributed by atoms with Crippen molar-refractivity contribution in [3.05, 3.63) is 66.1 Å². The summed E-state index contributed by atoms with van der Waals surface area (Å²) >= 11 is 0. The molecule has 1 aromatic carbocycles. The Morgan fingerprint density at radius 1 is 1.02 bits per heavy atom. The first-order valence-corrected chi connectivity index (χ1v) is 13.3. The lowest BCUT2D eigenvalue weighted by Gasteiger charge is -2.16. The maximum absolute atomic E-state index is 13.1. The Morgan fingerprint density at radius 2 is 1.85 bits per heavy atom. The fourth-order valence-electron chi connectivity index (χ4n) is 5.02. The van der Waals surface area contributed by atoms with E-state index < -0.39 is 11.9 Å². The maximum Gasteiger partial charge on any atom is 0.434 e. The van der Waals surface area contributed by atoms with Crippen LogP contribution in [0.25, 0.3) is 33.8 Å². The second-order valence-electron chi connectivity index (χ2n) is 10.3. The van der Waals surface area contributed by atoms with Crippen molar-refractivity contribution in [2.45, 2.75) is 44.0 Å². The highest BCUT2D eigenvalue weighted by molar-refractivity contribution is 5.77. The molecular weight excluding hydrogens is 537 g/mol. The fraction of sp³-hybridized carbons (Fsp3) is 0.357. The van der Waals surface area contributed by atoms with Crippen molar-refractivity contribution >= 4 is 11.0 Å². The lowest BCUT2D eigenvalue weighted by Crippen LogP contribution is -2.18. The van der Waals surface area contributed by atoms with E-state index in [2.05, 4.69) is 25.0 Å². The monoisotopic (exact) mass is 562 g/mol. The van der Waals surface area contributed by atoms with Gasteiger partial charge >= 0.3 is 6.18 Å². The van der Waals surface area contributed by atoms with Gasteiger partial charge in [-0.05, 0) is 18.4 Å². The number of aryl methyl sites for hydroxylation is 1. The van der Waals surface area contributed by atoms with Crippen molar-refractivity contribution in [2.24, 2.45) is 7.05 Å². The summed E-state index contributed by atoms with van der Waals surface area (Å²) in [4.78, 5) is 22.3. The molecule has 1 atom stereocenters. The van der Waals surface area contributed by atoms with E-state index in [1.165, 1.54) is 10.9 Å². The van der Waals surface area contributed by atoms with Crippen LogP contribution in [-0.4, -0.2) is 58.6 Å². The number of rotatable bonds is 7. The van der Waals surface area contributed by atoms with Gasteiger partial charge in [-0.25, -0.2) is 29.6 Å². The highest BCUT2D eigenvalue weighted by atomic mass is 19.4. The predicted octanol–water partition coefficient (Wildman–Crippen LogP) is 4.80. The summed E-state index contributed by atoms with van der Waals surface area (Å²) in [6.45, 7) is 1.56. The Balaban J connectivity index is 1.19. The Kier molecular flexibility index (Phi) is 6.18.